The minimum absolute atomic E-state index is 0.0852. The summed E-state index contributed by atoms with van der Waals surface area (Å²) in [6.07, 6.45) is 0. The second-order valence-corrected chi connectivity index (χ2v) is 9.13. The molecule has 1 atom stereocenters. The summed E-state index contributed by atoms with van der Waals surface area (Å²) in [5.41, 5.74) is 2.80. The van der Waals surface area contributed by atoms with Crippen LogP contribution in [0.25, 0.3) is 16.6 Å². The number of carbonyl (C=O) groups is 1. The third-order valence-corrected chi connectivity index (χ3v) is 6.58. The largest absolute Gasteiger partial charge is 0.348 e. The topological polar surface area (TPSA) is 55.2 Å². The number of hydrogen-bond donors (Lipinski definition) is 0. The number of benzene rings is 3. The van der Waals surface area contributed by atoms with Crippen molar-refractivity contribution in [2.24, 2.45) is 0 Å². The molecule has 5 nitrogen and oxygen atoms in total. The molecule has 0 bridgehead atoms. The van der Waals surface area contributed by atoms with Gasteiger partial charge in [0.15, 0.2) is 5.16 Å². The number of hydrogen-bond acceptors (Lipinski definition) is 4. The number of halogens is 1. The highest BCUT2D eigenvalue weighted by molar-refractivity contribution is 8.00. The van der Waals surface area contributed by atoms with Crippen molar-refractivity contribution in [1.82, 2.24) is 14.5 Å². The summed E-state index contributed by atoms with van der Waals surface area (Å²) in [7, 11) is 3.45. The first-order chi connectivity index (χ1) is 15.4. The van der Waals surface area contributed by atoms with E-state index in [4.69, 9.17) is 16.6 Å². The Labute approximate surface area is 195 Å². The minimum atomic E-state index is -0.565. The summed E-state index contributed by atoms with van der Waals surface area (Å²) < 4.78 is 1.59. The van der Waals surface area contributed by atoms with Crippen molar-refractivity contribution in [3.05, 3.63) is 99.3 Å². The first kappa shape index (κ1) is 22.1. The predicted molar refractivity (Wildman–Crippen MR) is 131 cm³/mol. The van der Waals surface area contributed by atoms with Gasteiger partial charge in [0, 0.05) is 19.1 Å². The van der Waals surface area contributed by atoms with Gasteiger partial charge in [-0.05, 0) is 42.3 Å². The number of nitrogens with zero attached hydrogens (tertiary/aromatic N) is 3. The van der Waals surface area contributed by atoms with Crippen LogP contribution in [0.1, 0.15) is 16.4 Å². The molecule has 0 fully saturated rings. The van der Waals surface area contributed by atoms with Crippen LogP contribution in [0.4, 0.5) is 0 Å². The van der Waals surface area contributed by atoms with Crippen molar-refractivity contribution in [2.75, 3.05) is 14.1 Å². The Morgan fingerprint density at radius 3 is 2.41 bits per heavy atom. The van der Waals surface area contributed by atoms with Gasteiger partial charge in [-0.1, -0.05) is 71.9 Å². The number of thioether (sulfide) groups is 1. The van der Waals surface area contributed by atoms with E-state index < -0.39 is 5.25 Å². The van der Waals surface area contributed by atoms with Gasteiger partial charge in [-0.25, -0.2) is 4.98 Å². The van der Waals surface area contributed by atoms with Crippen molar-refractivity contribution in [2.45, 2.75) is 17.3 Å². The van der Waals surface area contributed by atoms with E-state index in [1.165, 1.54) is 11.8 Å². The lowest BCUT2D eigenvalue weighted by Crippen LogP contribution is -2.28. The molecule has 0 spiro atoms. The Hall–Kier alpha value is -3.09. The molecule has 1 heterocycles. The fraction of sp³-hybridized carbons (Fsp3) is 0.160. The molecule has 7 heteroatoms. The van der Waals surface area contributed by atoms with Crippen LogP contribution in [-0.4, -0.2) is 34.5 Å². The van der Waals surface area contributed by atoms with Crippen LogP contribution in [0.3, 0.4) is 0 Å². The molecule has 1 unspecified atom stereocenters. The van der Waals surface area contributed by atoms with Crippen LogP contribution < -0.4 is 5.56 Å². The standard InChI is InChI=1S/C25H22ClN3O2S/c1-16-9-7-8-12-21(16)29-23(30)19-14-13-18(26)15-20(19)27-25(29)32-22(24(31)28(2)3)17-10-5-4-6-11-17/h4-15,22H,1-3H3. The third-order valence-electron chi connectivity index (χ3n) is 5.15. The smallest absolute Gasteiger partial charge is 0.266 e. The first-order valence-electron chi connectivity index (χ1n) is 10.1. The van der Waals surface area contributed by atoms with Crippen LogP contribution in [0.5, 0.6) is 0 Å². The van der Waals surface area contributed by atoms with E-state index in [1.807, 2.05) is 61.5 Å². The van der Waals surface area contributed by atoms with Gasteiger partial charge in [-0.2, -0.15) is 0 Å². The molecule has 4 aromatic rings. The molecule has 0 aliphatic rings. The van der Waals surface area contributed by atoms with Gasteiger partial charge in [0.05, 0.1) is 16.6 Å². The lowest BCUT2D eigenvalue weighted by Gasteiger charge is -2.22. The first-order valence-corrected chi connectivity index (χ1v) is 11.3. The molecule has 1 amide bonds. The summed E-state index contributed by atoms with van der Waals surface area (Å²) in [6, 6.07) is 22.2. The van der Waals surface area contributed by atoms with E-state index in [9.17, 15) is 9.59 Å². The second-order valence-electron chi connectivity index (χ2n) is 7.62. The van der Waals surface area contributed by atoms with Gasteiger partial charge in [0.2, 0.25) is 5.91 Å². The maximum atomic E-state index is 13.6. The number of para-hydroxylation sites is 1. The molecule has 0 aliphatic heterocycles. The van der Waals surface area contributed by atoms with E-state index in [2.05, 4.69) is 0 Å². The van der Waals surface area contributed by atoms with Crippen molar-refractivity contribution in [1.29, 1.82) is 0 Å². The highest BCUT2D eigenvalue weighted by Gasteiger charge is 2.27. The average Bonchev–Trinajstić information content (AvgIpc) is 2.78. The number of fused-ring (bicyclic) bond motifs is 1. The van der Waals surface area contributed by atoms with Gasteiger partial charge < -0.3 is 4.90 Å². The molecule has 0 saturated heterocycles. The highest BCUT2D eigenvalue weighted by Crippen LogP contribution is 2.37. The quantitative estimate of drug-likeness (QED) is 0.299. The monoisotopic (exact) mass is 463 g/mol. The molecular formula is C25H22ClN3O2S. The number of aromatic nitrogens is 2. The van der Waals surface area contributed by atoms with Gasteiger partial charge in [-0.15, -0.1) is 0 Å². The maximum Gasteiger partial charge on any atom is 0.266 e. The molecule has 162 valence electrons. The van der Waals surface area contributed by atoms with Crippen LogP contribution in [0.2, 0.25) is 5.02 Å². The lowest BCUT2D eigenvalue weighted by molar-refractivity contribution is -0.128. The summed E-state index contributed by atoms with van der Waals surface area (Å²) in [6.45, 7) is 1.95. The normalized spacial score (nSPS) is 12.0. The van der Waals surface area contributed by atoms with Crippen LogP contribution >= 0.6 is 23.4 Å². The molecule has 0 saturated carbocycles. The Balaban J connectivity index is 1.97. The third kappa shape index (κ3) is 4.29. The minimum Gasteiger partial charge on any atom is -0.348 e. The summed E-state index contributed by atoms with van der Waals surface area (Å²) in [5, 5.41) is 0.836. The number of amides is 1. The molecular weight excluding hydrogens is 442 g/mol. The van der Waals surface area contributed by atoms with Gasteiger partial charge in [0.25, 0.3) is 5.56 Å². The summed E-state index contributed by atoms with van der Waals surface area (Å²) >= 11 is 7.44. The van der Waals surface area contributed by atoms with Crippen molar-refractivity contribution in [3.8, 4) is 5.69 Å². The Morgan fingerprint density at radius 2 is 1.72 bits per heavy atom. The zero-order valence-electron chi connectivity index (χ0n) is 17.9. The van der Waals surface area contributed by atoms with Gasteiger partial charge in [-0.3, -0.25) is 14.2 Å². The van der Waals surface area contributed by atoms with E-state index >= 15 is 0 Å². The molecule has 0 aliphatic carbocycles. The summed E-state index contributed by atoms with van der Waals surface area (Å²) in [4.78, 5) is 33.1. The Morgan fingerprint density at radius 1 is 1.03 bits per heavy atom. The number of rotatable bonds is 5. The van der Waals surface area contributed by atoms with Gasteiger partial charge >= 0.3 is 0 Å². The highest BCUT2D eigenvalue weighted by atomic mass is 35.5. The maximum absolute atomic E-state index is 13.6. The van der Waals surface area contributed by atoms with Crippen LogP contribution in [-0.2, 0) is 4.79 Å². The number of aryl methyl sites for hydroxylation is 1. The zero-order chi connectivity index (χ0) is 22.8. The van der Waals surface area contributed by atoms with Crippen LogP contribution in [0, 0.1) is 6.92 Å². The van der Waals surface area contributed by atoms with Crippen molar-refractivity contribution >= 4 is 40.2 Å². The second kappa shape index (κ2) is 9.18. The SMILES string of the molecule is Cc1ccccc1-n1c(SC(C(=O)N(C)C)c2ccccc2)nc2cc(Cl)ccc2c1=O. The Kier molecular flexibility index (Phi) is 6.35. The predicted octanol–water partition coefficient (Wildman–Crippen LogP) is 5.27. The molecule has 0 N–H and O–H groups in total. The Bertz CT molecular complexity index is 1350. The van der Waals surface area contributed by atoms with E-state index in [1.54, 1.807) is 41.8 Å². The fourth-order valence-electron chi connectivity index (χ4n) is 3.47. The molecule has 4 rings (SSSR count). The fourth-order valence-corrected chi connectivity index (χ4v) is 4.89. The molecule has 32 heavy (non-hydrogen) atoms. The van der Waals surface area contributed by atoms with E-state index in [0.29, 0.717) is 21.1 Å². The zero-order valence-corrected chi connectivity index (χ0v) is 19.5. The van der Waals surface area contributed by atoms with Gasteiger partial charge in [0.1, 0.15) is 5.25 Å². The lowest BCUT2D eigenvalue weighted by atomic mass is 10.1. The molecule has 1 aromatic heterocycles. The van der Waals surface area contributed by atoms with E-state index in [-0.39, 0.29) is 11.5 Å². The number of likely N-dealkylation sites (N-methyl/N-ethyl adjacent to an activating group) is 1. The molecule has 0 radical (unpaired) electrons. The number of carbonyl (C=O) groups excluding carboxylic acids is 1. The summed E-state index contributed by atoms with van der Waals surface area (Å²) in [5.74, 6) is -0.0852. The van der Waals surface area contributed by atoms with Crippen molar-refractivity contribution in [3.63, 3.8) is 0 Å². The van der Waals surface area contributed by atoms with E-state index in [0.717, 1.165) is 16.8 Å². The average molecular weight is 464 g/mol. The van der Waals surface area contributed by atoms with Crippen LogP contribution in [0.15, 0.2) is 82.7 Å². The molecule has 3 aromatic carbocycles. The van der Waals surface area contributed by atoms with Crippen molar-refractivity contribution < 1.29 is 4.79 Å².